The van der Waals surface area contributed by atoms with Gasteiger partial charge in [0.25, 0.3) is 0 Å². The van der Waals surface area contributed by atoms with Gasteiger partial charge in [-0.1, -0.05) is 35.9 Å². The van der Waals surface area contributed by atoms with E-state index in [0.29, 0.717) is 5.78 Å². The number of ketones is 1. The molecule has 2 aromatic rings. The zero-order valence-electron chi connectivity index (χ0n) is 12.4. The Bertz CT molecular complexity index is 791. The Morgan fingerprint density at radius 2 is 1.95 bits per heavy atom. The van der Waals surface area contributed by atoms with Crippen molar-refractivity contribution in [1.82, 2.24) is 9.55 Å². The minimum atomic E-state index is -0.0263. The molecule has 2 bridgehead atoms. The topological polar surface area (TPSA) is 34.9 Å². The van der Waals surface area contributed by atoms with Gasteiger partial charge in [0.2, 0.25) is 0 Å². The van der Waals surface area contributed by atoms with Gasteiger partial charge in [-0.15, -0.1) is 0 Å². The van der Waals surface area contributed by atoms with Crippen molar-refractivity contribution < 1.29 is 4.79 Å². The van der Waals surface area contributed by atoms with Crippen LogP contribution >= 0.6 is 0 Å². The van der Waals surface area contributed by atoms with Crippen LogP contribution in [-0.4, -0.2) is 15.3 Å². The number of allylic oxidation sites excluding steroid dienone is 2. The first-order valence-electron chi connectivity index (χ1n) is 8.17. The largest absolute Gasteiger partial charge is 0.322 e. The summed E-state index contributed by atoms with van der Waals surface area (Å²) in [4.78, 5) is 17.4. The first kappa shape index (κ1) is 12.4. The average Bonchev–Trinajstić information content (AvgIpc) is 3.06. The number of aromatic nitrogens is 2. The Balaban J connectivity index is 1.70. The van der Waals surface area contributed by atoms with Crippen LogP contribution in [0.2, 0.25) is 0 Å². The van der Waals surface area contributed by atoms with Crippen LogP contribution < -0.4 is 0 Å². The second-order valence-corrected chi connectivity index (χ2v) is 6.75. The van der Waals surface area contributed by atoms with Gasteiger partial charge in [0, 0.05) is 11.5 Å². The summed E-state index contributed by atoms with van der Waals surface area (Å²) < 4.78 is 2.20. The molecular formula is C19H18N2O. The molecule has 0 radical (unpaired) electrons. The minimum absolute atomic E-state index is 0.0263. The van der Waals surface area contributed by atoms with Crippen LogP contribution in [0.25, 0.3) is 11.3 Å². The van der Waals surface area contributed by atoms with Crippen molar-refractivity contribution in [1.29, 1.82) is 0 Å². The van der Waals surface area contributed by atoms with Crippen LogP contribution in [0, 0.1) is 11.8 Å². The fourth-order valence-electron chi connectivity index (χ4n) is 4.53. The molecule has 6 rings (SSSR count). The predicted octanol–water partition coefficient (Wildman–Crippen LogP) is 3.77. The summed E-state index contributed by atoms with van der Waals surface area (Å²) in [5, 5.41) is 0. The van der Waals surface area contributed by atoms with Crippen LogP contribution in [0.1, 0.15) is 37.3 Å². The molecule has 0 saturated heterocycles. The zero-order valence-corrected chi connectivity index (χ0v) is 12.4. The fourth-order valence-corrected chi connectivity index (χ4v) is 4.53. The van der Waals surface area contributed by atoms with Gasteiger partial charge in [-0.25, -0.2) is 4.98 Å². The standard InChI is InChI=1S/C19H18N2O/c22-19-13-7-5-12(6-8-13)9-16(19)18-15-4-2-1-3-14(15)17-10-20-11-21(17)18/h1-4,9-11,13,16,18H,5-8H2/t16-,18-/m0/s1. The lowest BCUT2D eigenvalue weighted by Crippen LogP contribution is -2.28. The van der Waals surface area contributed by atoms with Crippen molar-refractivity contribution in [3.8, 4) is 11.3 Å². The Hall–Kier alpha value is -2.16. The van der Waals surface area contributed by atoms with E-state index in [4.69, 9.17) is 0 Å². The Kier molecular flexibility index (Phi) is 2.49. The number of carbonyl (C=O) groups excluding carboxylic acids is 1. The number of rotatable bonds is 1. The third-order valence-corrected chi connectivity index (χ3v) is 5.64. The lowest BCUT2D eigenvalue weighted by molar-refractivity contribution is -0.126. The van der Waals surface area contributed by atoms with E-state index in [2.05, 4.69) is 39.9 Å². The van der Waals surface area contributed by atoms with Gasteiger partial charge >= 0.3 is 0 Å². The SMILES string of the molecule is O=C1C2CCC(=C[C@H]1[C@@H]1c3ccccc3-c3cncn31)CC2. The molecule has 0 unspecified atom stereocenters. The van der Waals surface area contributed by atoms with Crippen LogP contribution in [0.15, 0.2) is 48.4 Å². The molecule has 1 aromatic heterocycles. The summed E-state index contributed by atoms with van der Waals surface area (Å²) in [6.07, 6.45) is 10.4. The maximum atomic E-state index is 13.1. The van der Waals surface area contributed by atoms with Gasteiger partial charge in [-0.3, -0.25) is 4.79 Å². The summed E-state index contributed by atoms with van der Waals surface area (Å²) in [7, 11) is 0. The third-order valence-electron chi connectivity index (χ3n) is 5.64. The fraction of sp³-hybridized carbons (Fsp3) is 0.368. The summed E-state index contributed by atoms with van der Waals surface area (Å²) >= 11 is 0. The van der Waals surface area contributed by atoms with Gasteiger partial charge < -0.3 is 4.57 Å². The number of imidazole rings is 1. The molecule has 2 heterocycles. The molecule has 1 aromatic carbocycles. The van der Waals surface area contributed by atoms with E-state index >= 15 is 0 Å². The molecule has 0 spiro atoms. The minimum Gasteiger partial charge on any atom is -0.322 e. The van der Waals surface area contributed by atoms with Gasteiger partial charge in [-0.2, -0.15) is 0 Å². The number of hydrogen-bond acceptors (Lipinski definition) is 2. The second kappa shape index (κ2) is 4.42. The van der Waals surface area contributed by atoms with E-state index in [0.717, 1.165) is 31.4 Å². The van der Waals surface area contributed by atoms with Crippen LogP contribution in [0.3, 0.4) is 0 Å². The summed E-state index contributed by atoms with van der Waals surface area (Å²) in [5.41, 5.74) is 5.13. The molecule has 4 aliphatic rings. The van der Waals surface area contributed by atoms with Crippen molar-refractivity contribution in [2.75, 3.05) is 0 Å². The molecule has 0 amide bonds. The molecule has 1 saturated carbocycles. The van der Waals surface area contributed by atoms with Gasteiger partial charge in [0.05, 0.1) is 30.2 Å². The Morgan fingerprint density at radius 1 is 1.14 bits per heavy atom. The highest BCUT2D eigenvalue weighted by molar-refractivity contribution is 5.88. The number of nitrogens with zero attached hydrogens (tertiary/aromatic N) is 2. The highest BCUT2D eigenvalue weighted by atomic mass is 16.1. The molecule has 1 fully saturated rings. The van der Waals surface area contributed by atoms with Crippen molar-refractivity contribution in [3.63, 3.8) is 0 Å². The van der Waals surface area contributed by atoms with Gasteiger partial charge in [0.1, 0.15) is 5.78 Å². The Labute approximate surface area is 129 Å². The van der Waals surface area contributed by atoms with Crippen LogP contribution in [-0.2, 0) is 4.79 Å². The van der Waals surface area contributed by atoms with Gasteiger partial charge in [-0.05, 0) is 31.2 Å². The molecule has 22 heavy (non-hydrogen) atoms. The maximum Gasteiger partial charge on any atom is 0.145 e. The number of fused-ring (bicyclic) bond motifs is 7. The highest BCUT2D eigenvalue weighted by Gasteiger charge is 2.41. The molecular weight excluding hydrogens is 272 g/mol. The van der Waals surface area contributed by atoms with Crippen LogP contribution in [0.5, 0.6) is 0 Å². The van der Waals surface area contributed by atoms with Crippen molar-refractivity contribution in [3.05, 3.63) is 54.0 Å². The van der Waals surface area contributed by atoms with Crippen molar-refractivity contribution in [2.24, 2.45) is 11.8 Å². The summed E-state index contributed by atoms with van der Waals surface area (Å²) in [6, 6.07) is 8.55. The van der Waals surface area contributed by atoms with E-state index < -0.39 is 0 Å². The number of benzene rings is 1. The third kappa shape index (κ3) is 1.57. The molecule has 0 N–H and O–H groups in total. The lowest BCUT2D eigenvalue weighted by atomic mass is 9.82. The first-order valence-corrected chi connectivity index (χ1v) is 8.17. The molecule has 3 nitrogen and oxygen atoms in total. The molecule has 1 aliphatic heterocycles. The number of carbonyl (C=O) groups is 1. The second-order valence-electron chi connectivity index (χ2n) is 6.75. The van der Waals surface area contributed by atoms with Crippen LogP contribution in [0.4, 0.5) is 0 Å². The van der Waals surface area contributed by atoms with E-state index in [1.807, 2.05) is 12.5 Å². The average molecular weight is 290 g/mol. The lowest BCUT2D eigenvalue weighted by Gasteiger charge is -2.24. The van der Waals surface area contributed by atoms with Crippen molar-refractivity contribution in [2.45, 2.75) is 31.7 Å². The summed E-state index contributed by atoms with van der Waals surface area (Å²) in [6.45, 7) is 0. The monoisotopic (exact) mass is 290 g/mol. The maximum absolute atomic E-state index is 13.1. The van der Waals surface area contributed by atoms with E-state index in [9.17, 15) is 4.79 Å². The highest BCUT2D eigenvalue weighted by Crippen LogP contribution is 2.47. The first-order chi connectivity index (χ1) is 10.8. The Morgan fingerprint density at radius 3 is 2.82 bits per heavy atom. The van der Waals surface area contributed by atoms with Crippen molar-refractivity contribution >= 4 is 5.78 Å². The van der Waals surface area contributed by atoms with Gasteiger partial charge in [0.15, 0.2) is 0 Å². The number of Topliss-reactive ketones (excluding diaryl/α,β-unsaturated/α-hetero) is 1. The summed E-state index contributed by atoms with van der Waals surface area (Å²) in [5.74, 6) is 0.669. The van der Waals surface area contributed by atoms with E-state index in [1.165, 1.54) is 16.7 Å². The molecule has 3 heteroatoms. The molecule has 3 aliphatic carbocycles. The molecule has 2 atom stereocenters. The van der Waals surface area contributed by atoms with E-state index in [-0.39, 0.29) is 17.9 Å². The predicted molar refractivity (Wildman–Crippen MR) is 84.3 cm³/mol. The van der Waals surface area contributed by atoms with E-state index in [1.54, 1.807) is 0 Å². The zero-order chi connectivity index (χ0) is 14.7. The number of hydrogen-bond donors (Lipinski definition) is 0. The molecule has 110 valence electrons. The normalized spacial score (nSPS) is 29.0. The smallest absolute Gasteiger partial charge is 0.145 e. The quantitative estimate of drug-likeness (QED) is 0.749.